The zero-order chi connectivity index (χ0) is 17.4. The summed E-state index contributed by atoms with van der Waals surface area (Å²) < 4.78 is 40.6. The summed E-state index contributed by atoms with van der Waals surface area (Å²) in [6, 6.07) is 4.26. The fraction of sp³-hybridized carbons (Fsp3) is 0.333. The first kappa shape index (κ1) is 17.3. The second-order valence-corrected chi connectivity index (χ2v) is 5.53. The number of alkyl halides is 3. The lowest BCUT2D eigenvalue weighted by Crippen LogP contribution is -2.29. The number of rotatable bonds is 3. The standard InChI is InChI=1S/C15H15ClF3N3O/c1-8(10-6-4-5-7-11(10)15(17,18)19)20-14(23)13-12(16)9(2)22(3)21-13/h4-8H,1-3H3,(H,20,23). The molecule has 0 aliphatic rings. The summed E-state index contributed by atoms with van der Waals surface area (Å²) in [5.41, 5.74) is -0.212. The Hall–Kier alpha value is -2.02. The van der Waals surface area contributed by atoms with Crippen molar-refractivity contribution >= 4 is 17.5 Å². The maximum Gasteiger partial charge on any atom is 0.416 e. The van der Waals surface area contributed by atoms with Gasteiger partial charge in [0, 0.05) is 7.05 Å². The van der Waals surface area contributed by atoms with Gasteiger partial charge in [-0.1, -0.05) is 29.8 Å². The molecule has 124 valence electrons. The van der Waals surface area contributed by atoms with E-state index in [1.54, 1.807) is 14.0 Å². The van der Waals surface area contributed by atoms with Gasteiger partial charge >= 0.3 is 6.18 Å². The van der Waals surface area contributed by atoms with Crippen LogP contribution in [0.5, 0.6) is 0 Å². The maximum atomic E-state index is 13.0. The van der Waals surface area contributed by atoms with Crippen LogP contribution in [0.4, 0.5) is 13.2 Å². The number of hydrogen-bond donors (Lipinski definition) is 1. The molecule has 2 rings (SSSR count). The van der Waals surface area contributed by atoms with Crippen molar-refractivity contribution in [1.29, 1.82) is 0 Å². The van der Waals surface area contributed by atoms with Crippen molar-refractivity contribution in [1.82, 2.24) is 15.1 Å². The van der Waals surface area contributed by atoms with E-state index >= 15 is 0 Å². The molecule has 0 fully saturated rings. The predicted octanol–water partition coefficient (Wildman–Crippen LogP) is 3.89. The Labute approximate surface area is 136 Å². The number of amides is 1. The third-order valence-electron chi connectivity index (χ3n) is 3.56. The SMILES string of the molecule is Cc1c(Cl)c(C(=O)NC(C)c2ccccc2C(F)(F)F)nn1C. The molecule has 8 heteroatoms. The largest absolute Gasteiger partial charge is 0.416 e. The van der Waals surface area contributed by atoms with Gasteiger partial charge in [-0.15, -0.1) is 0 Å². The van der Waals surface area contributed by atoms with Gasteiger partial charge in [-0.2, -0.15) is 18.3 Å². The lowest BCUT2D eigenvalue weighted by molar-refractivity contribution is -0.138. The van der Waals surface area contributed by atoms with Gasteiger partial charge < -0.3 is 5.32 Å². The van der Waals surface area contributed by atoms with Crippen LogP contribution in [0.25, 0.3) is 0 Å². The summed E-state index contributed by atoms with van der Waals surface area (Å²) in [5, 5.41) is 6.67. The molecule has 4 nitrogen and oxygen atoms in total. The molecule has 1 amide bonds. The molecule has 0 saturated carbocycles. The minimum atomic E-state index is -4.49. The molecule has 0 aliphatic heterocycles. The number of aromatic nitrogens is 2. The van der Waals surface area contributed by atoms with Crippen molar-refractivity contribution in [3.8, 4) is 0 Å². The number of carbonyl (C=O) groups is 1. The second-order valence-electron chi connectivity index (χ2n) is 5.15. The summed E-state index contributed by atoms with van der Waals surface area (Å²) in [4.78, 5) is 12.2. The van der Waals surface area contributed by atoms with Gasteiger partial charge in [0.05, 0.1) is 22.3 Å². The van der Waals surface area contributed by atoms with Gasteiger partial charge in [0.1, 0.15) is 0 Å². The highest BCUT2D eigenvalue weighted by Crippen LogP contribution is 2.34. The van der Waals surface area contributed by atoms with Crippen molar-refractivity contribution in [3.05, 3.63) is 51.8 Å². The van der Waals surface area contributed by atoms with Crippen molar-refractivity contribution < 1.29 is 18.0 Å². The van der Waals surface area contributed by atoms with Gasteiger partial charge in [-0.05, 0) is 25.5 Å². The molecule has 1 N–H and O–H groups in total. The average Bonchev–Trinajstić information content (AvgIpc) is 2.74. The highest BCUT2D eigenvalue weighted by Gasteiger charge is 2.34. The molecule has 1 atom stereocenters. The topological polar surface area (TPSA) is 46.9 Å². The summed E-state index contributed by atoms with van der Waals surface area (Å²) >= 11 is 6.02. The lowest BCUT2D eigenvalue weighted by Gasteiger charge is -2.19. The van der Waals surface area contributed by atoms with E-state index in [9.17, 15) is 18.0 Å². The highest BCUT2D eigenvalue weighted by atomic mass is 35.5. The van der Waals surface area contributed by atoms with Crippen LogP contribution >= 0.6 is 11.6 Å². The van der Waals surface area contributed by atoms with Gasteiger partial charge in [0.15, 0.2) is 5.69 Å². The van der Waals surface area contributed by atoms with Gasteiger partial charge in [-0.3, -0.25) is 9.48 Å². The third kappa shape index (κ3) is 3.50. The third-order valence-corrected chi connectivity index (χ3v) is 4.01. The number of nitrogens with one attached hydrogen (secondary N) is 1. The lowest BCUT2D eigenvalue weighted by atomic mass is 10.0. The molecule has 1 aromatic heterocycles. The normalized spacial score (nSPS) is 13.0. The smallest absolute Gasteiger partial charge is 0.344 e. The van der Waals surface area contributed by atoms with Crippen molar-refractivity contribution in [2.24, 2.45) is 7.05 Å². The summed E-state index contributed by atoms with van der Waals surface area (Å²) in [5.74, 6) is -0.622. The molecule has 0 aliphatic carbocycles. The van der Waals surface area contributed by atoms with Crippen LogP contribution in [0.15, 0.2) is 24.3 Å². The minimum Gasteiger partial charge on any atom is -0.344 e. The minimum absolute atomic E-state index is 0.0111. The van der Waals surface area contributed by atoms with E-state index in [2.05, 4.69) is 10.4 Å². The molecular formula is C15H15ClF3N3O. The van der Waals surface area contributed by atoms with E-state index in [-0.39, 0.29) is 16.3 Å². The molecule has 0 radical (unpaired) electrons. The van der Waals surface area contributed by atoms with Crippen LogP contribution in [0.3, 0.4) is 0 Å². The van der Waals surface area contributed by atoms with Crippen LogP contribution in [-0.2, 0) is 13.2 Å². The van der Waals surface area contributed by atoms with Gasteiger partial charge in [-0.25, -0.2) is 0 Å². The Bertz CT molecular complexity index is 740. The Morgan fingerprint density at radius 2 is 1.96 bits per heavy atom. The number of benzene rings is 1. The molecule has 0 saturated heterocycles. The van der Waals surface area contributed by atoms with E-state index < -0.39 is 23.7 Å². The number of nitrogens with zero attached hydrogens (tertiary/aromatic N) is 2. The molecule has 0 bridgehead atoms. The Balaban J connectivity index is 2.28. The van der Waals surface area contributed by atoms with E-state index in [0.717, 1.165) is 6.07 Å². The number of carbonyl (C=O) groups excluding carboxylic acids is 1. The molecular weight excluding hydrogens is 331 g/mol. The van der Waals surface area contributed by atoms with Crippen LogP contribution < -0.4 is 5.32 Å². The molecule has 1 heterocycles. The molecule has 23 heavy (non-hydrogen) atoms. The highest BCUT2D eigenvalue weighted by molar-refractivity contribution is 6.34. The number of halogens is 4. The van der Waals surface area contributed by atoms with Crippen molar-refractivity contribution in [3.63, 3.8) is 0 Å². The first-order chi connectivity index (χ1) is 10.6. The van der Waals surface area contributed by atoms with Gasteiger partial charge in [0.25, 0.3) is 5.91 Å². The van der Waals surface area contributed by atoms with E-state index in [0.29, 0.717) is 5.69 Å². The van der Waals surface area contributed by atoms with E-state index in [1.165, 1.54) is 29.8 Å². The van der Waals surface area contributed by atoms with E-state index in [1.807, 2.05) is 0 Å². The summed E-state index contributed by atoms with van der Waals surface area (Å²) in [7, 11) is 1.63. The zero-order valence-corrected chi connectivity index (χ0v) is 13.5. The van der Waals surface area contributed by atoms with Crippen molar-refractivity contribution in [2.75, 3.05) is 0 Å². The van der Waals surface area contributed by atoms with Crippen LogP contribution in [-0.4, -0.2) is 15.7 Å². The average molecular weight is 346 g/mol. The van der Waals surface area contributed by atoms with Crippen molar-refractivity contribution in [2.45, 2.75) is 26.1 Å². The Morgan fingerprint density at radius 1 is 1.35 bits per heavy atom. The monoisotopic (exact) mass is 345 g/mol. The number of hydrogen-bond acceptors (Lipinski definition) is 2. The first-order valence-electron chi connectivity index (χ1n) is 6.79. The molecule has 2 aromatic rings. The zero-order valence-electron chi connectivity index (χ0n) is 12.7. The molecule has 1 aromatic carbocycles. The van der Waals surface area contributed by atoms with E-state index in [4.69, 9.17) is 11.6 Å². The first-order valence-corrected chi connectivity index (χ1v) is 7.16. The Morgan fingerprint density at radius 3 is 2.48 bits per heavy atom. The van der Waals surface area contributed by atoms with Crippen LogP contribution in [0.1, 0.15) is 40.3 Å². The second kappa shape index (κ2) is 6.23. The Kier molecular flexibility index (Phi) is 4.70. The quantitative estimate of drug-likeness (QED) is 0.917. The molecule has 0 spiro atoms. The molecule has 1 unspecified atom stereocenters. The number of aryl methyl sites for hydroxylation is 1. The summed E-state index contributed by atoms with van der Waals surface area (Å²) in [6.45, 7) is 3.17. The maximum absolute atomic E-state index is 13.0. The van der Waals surface area contributed by atoms with Crippen LogP contribution in [0.2, 0.25) is 5.02 Å². The summed E-state index contributed by atoms with van der Waals surface area (Å²) in [6.07, 6.45) is -4.49. The predicted molar refractivity (Wildman–Crippen MR) is 80.3 cm³/mol. The fourth-order valence-corrected chi connectivity index (χ4v) is 2.45. The fourth-order valence-electron chi connectivity index (χ4n) is 2.20. The van der Waals surface area contributed by atoms with Gasteiger partial charge in [0.2, 0.25) is 0 Å². The van der Waals surface area contributed by atoms with Crippen LogP contribution in [0, 0.1) is 6.92 Å².